The van der Waals surface area contributed by atoms with Gasteiger partial charge in [0.1, 0.15) is 0 Å². The van der Waals surface area contributed by atoms with Crippen molar-refractivity contribution in [1.82, 2.24) is 0 Å². The molecule has 0 N–H and O–H groups in total. The Kier molecular flexibility index (Phi) is 6.08. The molecule has 0 aliphatic rings. The molecular formula is C9H17ClO2Si. The van der Waals surface area contributed by atoms with Crippen LogP contribution in [0, 0.1) is 0 Å². The molecule has 0 radical (unpaired) electrons. The standard InChI is InChI=1S/C9H17ClO2Si/c1-4-9(11)12-6-5-7-13(2,3)8-10/h4H,1,5-8H2,2-3H3. The van der Waals surface area contributed by atoms with Crippen LogP contribution < -0.4 is 0 Å². The molecule has 0 aliphatic carbocycles. The lowest BCUT2D eigenvalue weighted by atomic mass is 10.5. The van der Waals surface area contributed by atoms with Crippen LogP contribution in [-0.2, 0) is 9.53 Å². The van der Waals surface area contributed by atoms with Crippen molar-refractivity contribution in [1.29, 1.82) is 0 Å². The number of carbonyl (C=O) groups is 1. The van der Waals surface area contributed by atoms with Gasteiger partial charge in [-0.25, -0.2) is 4.79 Å². The second-order valence-electron chi connectivity index (χ2n) is 3.77. The fraction of sp³-hybridized carbons (Fsp3) is 0.667. The minimum Gasteiger partial charge on any atom is -0.463 e. The van der Waals surface area contributed by atoms with Gasteiger partial charge in [-0.15, -0.1) is 11.6 Å². The number of esters is 1. The molecule has 0 bridgehead atoms. The summed E-state index contributed by atoms with van der Waals surface area (Å²) in [6, 6.07) is 1.10. The average Bonchev–Trinajstić information content (AvgIpc) is 2.12. The van der Waals surface area contributed by atoms with E-state index in [9.17, 15) is 4.79 Å². The van der Waals surface area contributed by atoms with Crippen molar-refractivity contribution in [2.75, 3.05) is 12.1 Å². The molecule has 0 saturated carbocycles. The maximum atomic E-state index is 10.7. The van der Waals surface area contributed by atoms with Crippen LogP contribution in [-0.4, -0.2) is 26.2 Å². The number of alkyl halides is 1. The van der Waals surface area contributed by atoms with Gasteiger partial charge in [0.05, 0.1) is 14.7 Å². The normalized spacial score (nSPS) is 11.0. The Morgan fingerprint density at radius 2 is 2.23 bits per heavy atom. The van der Waals surface area contributed by atoms with Gasteiger partial charge in [0.2, 0.25) is 0 Å². The number of rotatable bonds is 6. The van der Waals surface area contributed by atoms with Crippen molar-refractivity contribution in [3.63, 3.8) is 0 Å². The summed E-state index contributed by atoms with van der Waals surface area (Å²) in [5.74, 6) is -0.342. The number of carbonyl (C=O) groups excluding carboxylic acids is 1. The maximum Gasteiger partial charge on any atom is 0.330 e. The van der Waals surface area contributed by atoms with Crippen molar-refractivity contribution >= 4 is 25.6 Å². The first-order chi connectivity index (χ1) is 6.02. The lowest BCUT2D eigenvalue weighted by molar-refractivity contribution is -0.137. The van der Waals surface area contributed by atoms with E-state index >= 15 is 0 Å². The van der Waals surface area contributed by atoms with Crippen LogP contribution in [0.2, 0.25) is 19.1 Å². The highest BCUT2D eigenvalue weighted by Gasteiger charge is 2.18. The zero-order chi connectivity index (χ0) is 10.3. The lowest BCUT2D eigenvalue weighted by Crippen LogP contribution is -2.28. The first-order valence-corrected chi connectivity index (χ1v) is 8.32. The number of halogens is 1. The van der Waals surface area contributed by atoms with Crippen LogP contribution >= 0.6 is 11.6 Å². The van der Waals surface area contributed by atoms with Crippen LogP contribution in [0.5, 0.6) is 0 Å². The molecule has 0 unspecified atom stereocenters. The summed E-state index contributed by atoms with van der Waals surface area (Å²) in [5, 5.41) is 0. The van der Waals surface area contributed by atoms with Crippen LogP contribution in [0.1, 0.15) is 6.42 Å². The fourth-order valence-electron chi connectivity index (χ4n) is 0.849. The molecule has 0 saturated heterocycles. The third-order valence-corrected chi connectivity index (χ3v) is 6.37. The van der Waals surface area contributed by atoms with Crippen molar-refractivity contribution in [3.8, 4) is 0 Å². The van der Waals surface area contributed by atoms with Gasteiger partial charge in [-0.3, -0.25) is 0 Å². The van der Waals surface area contributed by atoms with Crippen molar-refractivity contribution in [3.05, 3.63) is 12.7 Å². The quantitative estimate of drug-likeness (QED) is 0.226. The molecule has 0 aliphatic heterocycles. The third-order valence-electron chi connectivity index (χ3n) is 1.77. The Bertz CT molecular complexity index is 180. The van der Waals surface area contributed by atoms with E-state index < -0.39 is 8.07 Å². The fourth-order valence-corrected chi connectivity index (χ4v) is 2.49. The second kappa shape index (κ2) is 6.21. The lowest BCUT2D eigenvalue weighted by Gasteiger charge is -2.17. The smallest absolute Gasteiger partial charge is 0.330 e. The molecule has 4 heteroatoms. The zero-order valence-corrected chi connectivity index (χ0v) is 10.1. The van der Waals surface area contributed by atoms with Crippen molar-refractivity contribution < 1.29 is 9.53 Å². The monoisotopic (exact) mass is 220 g/mol. The molecule has 0 amide bonds. The van der Waals surface area contributed by atoms with Gasteiger partial charge in [0, 0.05) is 11.6 Å². The van der Waals surface area contributed by atoms with Gasteiger partial charge in [-0.05, 0) is 6.42 Å². The van der Waals surface area contributed by atoms with E-state index in [4.69, 9.17) is 16.3 Å². The molecule has 0 aromatic heterocycles. The Morgan fingerprint density at radius 1 is 1.62 bits per heavy atom. The summed E-state index contributed by atoms with van der Waals surface area (Å²) >= 11 is 5.80. The van der Waals surface area contributed by atoms with Crippen LogP contribution in [0.4, 0.5) is 0 Å². The third kappa shape index (κ3) is 6.84. The first-order valence-electron chi connectivity index (χ1n) is 4.37. The minimum absolute atomic E-state index is 0.342. The molecule has 0 aromatic carbocycles. The zero-order valence-electron chi connectivity index (χ0n) is 8.31. The van der Waals surface area contributed by atoms with E-state index in [2.05, 4.69) is 19.7 Å². The van der Waals surface area contributed by atoms with Crippen LogP contribution in [0.3, 0.4) is 0 Å². The molecule has 0 spiro atoms. The molecule has 0 fully saturated rings. The summed E-state index contributed by atoms with van der Waals surface area (Å²) in [4.78, 5) is 10.7. The number of hydrogen-bond acceptors (Lipinski definition) is 2. The predicted molar refractivity (Wildman–Crippen MR) is 58.8 cm³/mol. The van der Waals surface area contributed by atoms with Crippen molar-refractivity contribution in [2.24, 2.45) is 0 Å². The van der Waals surface area contributed by atoms with Gasteiger partial charge in [-0.2, -0.15) is 0 Å². The maximum absolute atomic E-state index is 10.7. The summed E-state index contributed by atoms with van der Waals surface area (Å²) in [6.07, 6.45) is 2.09. The van der Waals surface area contributed by atoms with Gasteiger partial charge in [0.25, 0.3) is 0 Å². The topological polar surface area (TPSA) is 26.3 Å². The average molecular weight is 221 g/mol. The van der Waals surface area contributed by atoms with Gasteiger partial charge < -0.3 is 4.74 Å². The highest BCUT2D eigenvalue weighted by atomic mass is 35.5. The Balaban J connectivity index is 3.46. The Labute approximate surface area is 85.9 Å². The summed E-state index contributed by atoms with van der Waals surface area (Å²) in [6.45, 7) is 8.26. The van der Waals surface area contributed by atoms with E-state index in [1.54, 1.807) is 0 Å². The van der Waals surface area contributed by atoms with E-state index in [1.807, 2.05) is 0 Å². The highest BCUT2D eigenvalue weighted by Crippen LogP contribution is 2.13. The van der Waals surface area contributed by atoms with Crippen LogP contribution in [0.25, 0.3) is 0 Å². The largest absolute Gasteiger partial charge is 0.463 e. The number of ether oxygens (including phenoxy) is 1. The molecule has 76 valence electrons. The second-order valence-corrected chi connectivity index (χ2v) is 9.67. The molecule has 0 heterocycles. The van der Waals surface area contributed by atoms with E-state index in [0.29, 0.717) is 6.61 Å². The minimum atomic E-state index is -1.21. The van der Waals surface area contributed by atoms with E-state index in [1.165, 1.54) is 6.08 Å². The summed E-state index contributed by atoms with van der Waals surface area (Å²) in [5.41, 5.74) is 0.766. The molecular weight excluding hydrogens is 204 g/mol. The Morgan fingerprint density at radius 3 is 2.69 bits per heavy atom. The van der Waals surface area contributed by atoms with E-state index in [0.717, 1.165) is 18.0 Å². The summed E-state index contributed by atoms with van der Waals surface area (Å²) in [7, 11) is -1.21. The van der Waals surface area contributed by atoms with Gasteiger partial charge >= 0.3 is 5.97 Å². The molecule has 2 nitrogen and oxygen atoms in total. The van der Waals surface area contributed by atoms with Crippen molar-refractivity contribution in [2.45, 2.75) is 25.6 Å². The Hall–Kier alpha value is -0.283. The van der Waals surface area contributed by atoms with Gasteiger partial charge in [-0.1, -0.05) is 25.7 Å². The molecule has 0 aromatic rings. The molecule has 13 heavy (non-hydrogen) atoms. The highest BCUT2D eigenvalue weighted by molar-refractivity contribution is 6.83. The van der Waals surface area contributed by atoms with Gasteiger partial charge in [0.15, 0.2) is 0 Å². The number of hydrogen-bond donors (Lipinski definition) is 0. The molecule has 0 rings (SSSR count). The predicted octanol–water partition coefficient (Wildman–Crippen LogP) is 2.59. The van der Waals surface area contributed by atoms with E-state index in [-0.39, 0.29) is 5.97 Å². The summed E-state index contributed by atoms with van der Waals surface area (Å²) < 4.78 is 4.85. The SMILES string of the molecule is C=CC(=O)OCCC[Si](C)(C)CCl. The molecule has 0 atom stereocenters. The first kappa shape index (κ1) is 12.7. The van der Waals surface area contributed by atoms with Crippen LogP contribution in [0.15, 0.2) is 12.7 Å².